The Kier molecular flexibility index (Phi) is 4.17. The van der Waals surface area contributed by atoms with Crippen molar-refractivity contribution in [3.8, 4) is 0 Å². The summed E-state index contributed by atoms with van der Waals surface area (Å²) in [5.41, 5.74) is 0.897. The molecule has 2 rings (SSSR count). The van der Waals surface area contributed by atoms with Crippen molar-refractivity contribution < 1.29 is 19.1 Å². The van der Waals surface area contributed by atoms with Gasteiger partial charge in [0.25, 0.3) is 0 Å². The molecule has 1 amide bonds. The normalized spacial score (nSPS) is 22.4. The van der Waals surface area contributed by atoms with Crippen LogP contribution in [-0.4, -0.2) is 23.7 Å². The maximum absolute atomic E-state index is 11.9. The Hall–Kier alpha value is -2.17. The first kappa shape index (κ1) is 14.2. The molecule has 0 radical (unpaired) electrons. The largest absolute Gasteiger partial charge is 0.461 e. The van der Waals surface area contributed by atoms with Gasteiger partial charge in [0.05, 0.1) is 12.0 Å². The highest BCUT2D eigenvalue weighted by atomic mass is 16.5. The molecule has 1 heterocycles. The smallest absolute Gasteiger partial charge is 0.311 e. The fraction of sp³-hybridized carbons (Fsp3) is 0.400. The van der Waals surface area contributed by atoms with Gasteiger partial charge in [-0.25, -0.2) is 0 Å². The Bertz CT molecular complexity index is 518. The lowest BCUT2D eigenvalue weighted by Gasteiger charge is -2.37. The van der Waals surface area contributed by atoms with Crippen molar-refractivity contribution in [3.63, 3.8) is 0 Å². The number of ketones is 1. The molecular formula is C15H17NO4. The monoisotopic (exact) mass is 275 g/mol. The minimum atomic E-state index is -0.728. The van der Waals surface area contributed by atoms with Gasteiger partial charge in [-0.1, -0.05) is 30.3 Å². The first-order valence-corrected chi connectivity index (χ1v) is 6.52. The maximum Gasteiger partial charge on any atom is 0.311 e. The number of hydrogen-bond acceptors (Lipinski definition) is 4. The van der Waals surface area contributed by atoms with Crippen molar-refractivity contribution in [2.24, 2.45) is 11.8 Å². The topological polar surface area (TPSA) is 72.5 Å². The van der Waals surface area contributed by atoms with Gasteiger partial charge in [-0.3, -0.25) is 14.4 Å². The van der Waals surface area contributed by atoms with E-state index in [9.17, 15) is 14.4 Å². The lowest BCUT2D eigenvalue weighted by Crippen LogP contribution is -2.64. The standard InChI is InChI=1S/C15H17NO4/c1-9(13-12(10(2)17)14(18)16-13)15(19)20-8-11-6-4-3-5-7-11/h3-7,9,12-13H,8H2,1-2H3,(H,16,18)/t9-,12-,13-/m1/s1. The molecular weight excluding hydrogens is 258 g/mol. The summed E-state index contributed by atoms with van der Waals surface area (Å²) < 4.78 is 5.21. The summed E-state index contributed by atoms with van der Waals surface area (Å²) in [5.74, 6) is -2.21. The van der Waals surface area contributed by atoms with Gasteiger partial charge in [0.15, 0.2) is 0 Å². The van der Waals surface area contributed by atoms with Gasteiger partial charge in [-0.2, -0.15) is 0 Å². The third-order valence-corrected chi connectivity index (χ3v) is 3.52. The quantitative estimate of drug-likeness (QED) is 0.495. The van der Waals surface area contributed by atoms with Crippen LogP contribution in [0.4, 0.5) is 0 Å². The minimum Gasteiger partial charge on any atom is -0.461 e. The molecule has 0 aliphatic carbocycles. The van der Waals surface area contributed by atoms with Gasteiger partial charge in [0.2, 0.25) is 5.91 Å². The summed E-state index contributed by atoms with van der Waals surface area (Å²) in [6, 6.07) is 8.89. The van der Waals surface area contributed by atoms with E-state index in [2.05, 4.69) is 5.32 Å². The van der Waals surface area contributed by atoms with E-state index in [4.69, 9.17) is 4.74 Å². The van der Waals surface area contributed by atoms with Crippen molar-refractivity contribution in [3.05, 3.63) is 35.9 Å². The number of benzene rings is 1. The highest BCUT2D eigenvalue weighted by molar-refractivity contribution is 6.06. The van der Waals surface area contributed by atoms with Crippen LogP contribution in [-0.2, 0) is 25.7 Å². The second-order valence-corrected chi connectivity index (χ2v) is 5.00. The molecule has 0 spiro atoms. The van der Waals surface area contributed by atoms with Gasteiger partial charge < -0.3 is 10.1 Å². The molecule has 3 atom stereocenters. The number of Topliss-reactive ketones (excluding diaryl/α,β-unsaturated/α-hetero) is 1. The molecule has 1 saturated heterocycles. The average molecular weight is 275 g/mol. The summed E-state index contributed by atoms with van der Waals surface area (Å²) in [4.78, 5) is 34.6. The molecule has 0 aromatic heterocycles. The minimum absolute atomic E-state index is 0.190. The number of esters is 1. The van der Waals surface area contributed by atoms with Crippen LogP contribution in [0.3, 0.4) is 0 Å². The number of carbonyl (C=O) groups is 3. The Balaban J connectivity index is 1.90. The van der Waals surface area contributed by atoms with E-state index >= 15 is 0 Å². The number of nitrogens with one attached hydrogen (secondary N) is 1. The number of hydrogen-bond donors (Lipinski definition) is 1. The third-order valence-electron chi connectivity index (χ3n) is 3.52. The Labute approximate surface area is 117 Å². The van der Waals surface area contributed by atoms with Crippen LogP contribution in [0.15, 0.2) is 30.3 Å². The zero-order valence-electron chi connectivity index (χ0n) is 11.5. The van der Waals surface area contributed by atoms with E-state index in [1.807, 2.05) is 30.3 Å². The van der Waals surface area contributed by atoms with Crippen molar-refractivity contribution in [2.45, 2.75) is 26.5 Å². The second kappa shape index (κ2) is 5.86. The van der Waals surface area contributed by atoms with Gasteiger partial charge >= 0.3 is 5.97 Å². The van der Waals surface area contributed by atoms with Crippen molar-refractivity contribution in [1.82, 2.24) is 5.32 Å². The summed E-state index contributed by atoms with van der Waals surface area (Å²) in [6.07, 6.45) is 0. The van der Waals surface area contributed by atoms with E-state index in [0.717, 1.165) is 5.56 Å². The number of rotatable bonds is 5. The van der Waals surface area contributed by atoms with Crippen LogP contribution >= 0.6 is 0 Å². The molecule has 1 aliphatic heterocycles. The zero-order chi connectivity index (χ0) is 14.7. The van der Waals surface area contributed by atoms with E-state index in [0.29, 0.717) is 0 Å². The first-order chi connectivity index (χ1) is 9.50. The lowest BCUT2D eigenvalue weighted by atomic mass is 9.80. The van der Waals surface area contributed by atoms with Crippen molar-refractivity contribution in [2.75, 3.05) is 0 Å². The lowest BCUT2D eigenvalue weighted by molar-refractivity contribution is -0.155. The van der Waals surface area contributed by atoms with Crippen molar-refractivity contribution >= 4 is 17.7 Å². The Morgan fingerprint density at radius 1 is 1.30 bits per heavy atom. The highest BCUT2D eigenvalue weighted by Crippen LogP contribution is 2.24. The molecule has 1 aromatic rings. The fourth-order valence-electron chi connectivity index (χ4n) is 2.26. The molecule has 0 unspecified atom stereocenters. The van der Waals surface area contributed by atoms with Crippen LogP contribution in [0.5, 0.6) is 0 Å². The molecule has 1 N–H and O–H groups in total. The molecule has 5 nitrogen and oxygen atoms in total. The third kappa shape index (κ3) is 2.87. The SMILES string of the molecule is CC(=O)[C@H]1C(=O)N[C@@H]1[C@@H](C)C(=O)OCc1ccccc1. The predicted molar refractivity (Wildman–Crippen MR) is 71.5 cm³/mol. The average Bonchev–Trinajstić information content (AvgIpc) is 2.41. The molecule has 1 fully saturated rings. The maximum atomic E-state index is 11.9. The second-order valence-electron chi connectivity index (χ2n) is 5.00. The van der Waals surface area contributed by atoms with Crippen LogP contribution in [0.25, 0.3) is 0 Å². The zero-order valence-corrected chi connectivity index (χ0v) is 11.5. The first-order valence-electron chi connectivity index (χ1n) is 6.52. The molecule has 1 aromatic carbocycles. The fourth-order valence-corrected chi connectivity index (χ4v) is 2.26. The van der Waals surface area contributed by atoms with Crippen LogP contribution < -0.4 is 5.32 Å². The molecule has 0 saturated carbocycles. The van der Waals surface area contributed by atoms with Crippen LogP contribution in [0.2, 0.25) is 0 Å². The Morgan fingerprint density at radius 2 is 1.95 bits per heavy atom. The summed E-state index contributed by atoms with van der Waals surface area (Å²) in [6.45, 7) is 3.21. The van der Waals surface area contributed by atoms with E-state index in [-0.39, 0.29) is 18.3 Å². The molecule has 20 heavy (non-hydrogen) atoms. The summed E-state index contributed by atoms with van der Waals surface area (Å²) in [5, 5.41) is 2.59. The van der Waals surface area contributed by atoms with Crippen LogP contribution in [0.1, 0.15) is 19.4 Å². The molecule has 5 heteroatoms. The van der Waals surface area contributed by atoms with E-state index < -0.39 is 23.8 Å². The molecule has 1 aliphatic rings. The predicted octanol–water partition coefficient (Wildman–Crippen LogP) is 1.07. The summed E-state index contributed by atoms with van der Waals surface area (Å²) >= 11 is 0. The van der Waals surface area contributed by atoms with E-state index in [1.165, 1.54) is 6.92 Å². The van der Waals surface area contributed by atoms with Gasteiger partial charge in [0.1, 0.15) is 18.3 Å². The number of amides is 1. The molecule has 0 bridgehead atoms. The number of carbonyl (C=O) groups excluding carboxylic acids is 3. The van der Waals surface area contributed by atoms with E-state index in [1.54, 1.807) is 6.92 Å². The Morgan fingerprint density at radius 3 is 2.50 bits per heavy atom. The number of β-lactam (4-membered cyclic amide) rings is 1. The van der Waals surface area contributed by atoms with Crippen molar-refractivity contribution in [1.29, 1.82) is 0 Å². The summed E-state index contributed by atoms with van der Waals surface area (Å²) in [7, 11) is 0. The van der Waals surface area contributed by atoms with Gasteiger partial charge in [-0.05, 0) is 19.4 Å². The van der Waals surface area contributed by atoms with Crippen LogP contribution in [0, 0.1) is 11.8 Å². The molecule has 106 valence electrons. The number of ether oxygens (including phenoxy) is 1. The highest BCUT2D eigenvalue weighted by Gasteiger charge is 2.47. The van der Waals surface area contributed by atoms with Gasteiger partial charge in [-0.15, -0.1) is 0 Å². The van der Waals surface area contributed by atoms with Gasteiger partial charge in [0, 0.05) is 0 Å².